The highest BCUT2D eigenvalue weighted by atomic mass is 16.3. The summed E-state index contributed by atoms with van der Waals surface area (Å²) in [6, 6.07) is 11.3. The largest absolute Gasteiger partial charge is 0.382 e. The highest BCUT2D eigenvalue weighted by molar-refractivity contribution is 5.74. The van der Waals surface area contributed by atoms with Crippen LogP contribution in [-0.2, 0) is 13.1 Å². The first-order valence-electron chi connectivity index (χ1n) is 8.01. The number of urea groups is 1. The van der Waals surface area contributed by atoms with E-state index >= 15 is 0 Å². The molecule has 2 N–H and O–H groups in total. The predicted molar refractivity (Wildman–Crippen MR) is 86.8 cm³/mol. The van der Waals surface area contributed by atoms with Crippen molar-refractivity contribution in [2.45, 2.75) is 32.5 Å². The Hall–Kier alpha value is -2.34. The number of hydrogen-bond donors (Lipinski definition) is 2. The van der Waals surface area contributed by atoms with Gasteiger partial charge in [0.15, 0.2) is 0 Å². The molecule has 1 aromatic carbocycles. The van der Waals surface area contributed by atoms with Gasteiger partial charge >= 0.3 is 6.03 Å². The lowest BCUT2D eigenvalue weighted by molar-refractivity contribution is 0.180. The van der Waals surface area contributed by atoms with Crippen molar-refractivity contribution in [3.05, 3.63) is 53.3 Å². The number of benzene rings is 1. The van der Waals surface area contributed by atoms with Gasteiger partial charge in [-0.1, -0.05) is 37.3 Å². The molecule has 1 aromatic heterocycles. The zero-order chi connectivity index (χ0) is 16.2. The fourth-order valence-corrected chi connectivity index (χ4v) is 2.75. The molecule has 1 aliphatic heterocycles. The second kappa shape index (κ2) is 6.83. The molecule has 0 saturated heterocycles. The topological polar surface area (TPSA) is 70.4 Å². The Balaban J connectivity index is 1.73. The molecule has 0 fully saturated rings. The Bertz CT molecular complexity index is 668. The smallest absolute Gasteiger partial charge is 0.317 e. The molecule has 2 heterocycles. The third kappa shape index (κ3) is 3.37. The van der Waals surface area contributed by atoms with E-state index in [2.05, 4.69) is 10.4 Å². The summed E-state index contributed by atoms with van der Waals surface area (Å²) in [6.07, 6.45) is 0.182. The average Bonchev–Trinajstić information content (AvgIpc) is 3.02. The molecule has 0 spiro atoms. The zero-order valence-electron chi connectivity index (χ0n) is 13.3. The quantitative estimate of drug-likeness (QED) is 0.905. The molecule has 0 saturated carbocycles. The van der Waals surface area contributed by atoms with Crippen LogP contribution in [-0.4, -0.2) is 38.9 Å². The Morgan fingerprint density at radius 2 is 2.13 bits per heavy atom. The van der Waals surface area contributed by atoms with Crippen molar-refractivity contribution in [1.29, 1.82) is 0 Å². The van der Waals surface area contributed by atoms with E-state index in [1.54, 1.807) is 4.90 Å². The summed E-state index contributed by atoms with van der Waals surface area (Å²) >= 11 is 0. The standard InChI is InChI=1S/C17H22N4O2/c1-2-8-18-17(23)20-9-10-21-14(12-20)11-15(19-21)16(22)13-6-4-3-5-7-13/h3-7,11,16,22H,2,8-10,12H2,1H3,(H,18,23)/t16-/m1/s1. The maximum Gasteiger partial charge on any atom is 0.317 e. The van der Waals surface area contributed by atoms with E-state index in [1.807, 2.05) is 48.0 Å². The Kier molecular flexibility index (Phi) is 4.62. The Labute approximate surface area is 135 Å². The van der Waals surface area contributed by atoms with Crippen LogP contribution in [0.25, 0.3) is 0 Å². The van der Waals surface area contributed by atoms with Gasteiger partial charge in [-0.3, -0.25) is 4.68 Å². The molecule has 0 radical (unpaired) electrons. The zero-order valence-corrected chi connectivity index (χ0v) is 13.3. The number of nitrogens with one attached hydrogen (secondary N) is 1. The van der Waals surface area contributed by atoms with Gasteiger partial charge in [0.25, 0.3) is 0 Å². The number of aliphatic hydroxyl groups is 1. The van der Waals surface area contributed by atoms with Gasteiger partial charge in [0.2, 0.25) is 0 Å². The van der Waals surface area contributed by atoms with Crippen LogP contribution in [0.1, 0.15) is 36.4 Å². The number of amides is 2. The molecule has 0 unspecified atom stereocenters. The second-order valence-corrected chi connectivity index (χ2v) is 5.75. The van der Waals surface area contributed by atoms with Gasteiger partial charge < -0.3 is 15.3 Å². The lowest BCUT2D eigenvalue weighted by atomic mass is 10.1. The first-order chi connectivity index (χ1) is 11.2. The third-order valence-corrected chi connectivity index (χ3v) is 4.03. The molecular formula is C17H22N4O2. The van der Waals surface area contributed by atoms with Crippen LogP contribution in [0.4, 0.5) is 4.79 Å². The SMILES string of the molecule is CCCNC(=O)N1CCn2nc([C@H](O)c3ccccc3)cc2C1. The number of carbonyl (C=O) groups is 1. The van der Waals surface area contributed by atoms with Gasteiger partial charge in [-0.25, -0.2) is 4.79 Å². The van der Waals surface area contributed by atoms with Gasteiger partial charge in [-0.2, -0.15) is 5.10 Å². The minimum absolute atomic E-state index is 0.0375. The molecule has 2 aromatic rings. The number of nitrogens with zero attached hydrogens (tertiary/aromatic N) is 3. The van der Waals surface area contributed by atoms with Gasteiger partial charge in [-0.15, -0.1) is 0 Å². The fourth-order valence-electron chi connectivity index (χ4n) is 2.75. The van der Waals surface area contributed by atoms with Crippen LogP contribution in [0.3, 0.4) is 0 Å². The molecule has 1 atom stereocenters. The summed E-state index contributed by atoms with van der Waals surface area (Å²) in [5, 5.41) is 17.9. The molecule has 122 valence electrons. The van der Waals surface area contributed by atoms with Crippen LogP contribution < -0.4 is 5.32 Å². The second-order valence-electron chi connectivity index (χ2n) is 5.75. The predicted octanol–water partition coefficient (Wildman–Crippen LogP) is 1.90. The van der Waals surface area contributed by atoms with E-state index in [1.165, 1.54) is 0 Å². The maximum atomic E-state index is 12.1. The van der Waals surface area contributed by atoms with Gasteiger partial charge in [0, 0.05) is 13.1 Å². The van der Waals surface area contributed by atoms with Crippen molar-refractivity contribution in [1.82, 2.24) is 20.0 Å². The average molecular weight is 314 g/mol. The van der Waals surface area contributed by atoms with Crippen molar-refractivity contribution in [2.24, 2.45) is 0 Å². The van der Waals surface area contributed by atoms with Gasteiger partial charge in [-0.05, 0) is 18.1 Å². The Morgan fingerprint density at radius 1 is 1.35 bits per heavy atom. The molecular weight excluding hydrogens is 292 g/mol. The summed E-state index contributed by atoms with van der Waals surface area (Å²) in [5.41, 5.74) is 2.40. The lowest BCUT2D eigenvalue weighted by Gasteiger charge is -2.27. The van der Waals surface area contributed by atoms with Crippen molar-refractivity contribution in [3.8, 4) is 0 Å². The molecule has 6 nitrogen and oxygen atoms in total. The number of hydrogen-bond acceptors (Lipinski definition) is 3. The van der Waals surface area contributed by atoms with Crippen molar-refractivity contribution in [3.63, 3.8) is 0 Å². The number of aromatic nitrogens is 2. The van der Waals surface area contributed by atoms with Crippen LogP contribution in [0.15, 0.2) is 36.4 Å². The first-order valence-corrected chi connectivity index (χ1v) is 8.01. The van der Waals surface area contributed by atoms with E-state index in [9.17, 15) is 9.90 Å². The molecule has 6 heteroatoms. The van der Waals surface area contributed by atoms with E-state index in [0.29, 0.717) is 31.9 Å². The van der Waals surface area contributed by atoms with Gasteiger partial charge in [0.1, 0.15) is 6.10 Å². The van der Waals surface area contributed by atoms with E-state index in [-0.39, 0.29) is 6.03 Å². The van der Waals surface area contributed by atoms with Crippen LogP contribution >= 0.6 is 0 Å². The monoisotopic (exact) mass is 314 g/mol. The summed E-state index contributed by atoms with van der Waals surface area (Å²) in [4.78, 5) is 13.8. The van der Waals surface area contributed by atoms with Crippen molar-refractivity contribution < 1.29 is 9.90 Å². The van der Waals surface area contributed by atoms with E-state index in [4.69, 9.17) is 0 Å². The highest BCUT2D eigenvalue weighted by Gasteiger charge is 2.24. The maximum absolute atomic E-state index is 12.1. The van der Waals surface area contributed by atoms with Crippen LogP contribution in [0.2, 0.25) is 0 Å². The summed E-state index contributed by atoms with van der Waals surface area (Å²) in [5.74, 6) is 0. The van der Waals surface area contributed by atoms with E-state index < -0.39 is 6.10 Å². The molecule has 3 rings (SSSR count). The summed E-state index contributed by atoms with van der Waals surface area (Å²) < 4.78 is 1.88. The van der Waals surface area contributed by atoms with E-state index in [0.717, 1.165) is 17.7 Å². The molecule has 0 bridgehead atoms. The Morgan fingerprint density at radius 3 is 2.87 bits per heavy atom. The number of rotatable bonds is 4. The van der Waals surface area contributed by atoms with Crippen molar-refractivity contribution >= 4 is 6.03 Å². The lowest BCUT2D eigenvalue weighted by Crippen LogP contribution is -2.44. The van der Waals surface area contributed by atoms with Crippen LogP contribution in [0, 0.1) is 0 Å². The minimum atomic E-state index is -0.739. The number of fused-ring (bicyclic) bond motifs is 1. The summed E-state index contributed by atoms with van der Waals surface area (Å²) in [7, 11) is 0. The third-order valence-electron chi connectivity index (χ3n) is 4.03. The molecule has 2 amide bonds. The molecule has 1 aliphatic rings. The molecule has 0 aliphatic carbocycles. The van der Waals surface area contributed by atoms with Crippen LogP contribution in [0.5, 0.6) is 0 Å². The normalized spacial score (nSPS) is 15.1. The fraction of sp³-hybridized carbons (Fsp3) is 0.412. The molecule has 23 heavy (non-hydrogen) atoms. The minimum Gasteiger partial charge on any atom is -0.382 e. The van der Waals surface area contributed by atoms with Gasteiger partial charge in [0.05, 0.1) is 24.5 Å². The van der Waals surface area contributed by atoms with Crippen molar-refractivity contribution in [2.75, 3.05) is 13.1 Å². The first kappa shape index (κ1) is 15.6. The number of aliphatic hydroxyl groups excluding tert-OH is 1. The highest BCUT2D eigenvalue weighted by Crippen LogP contribution is 2.23. The summed E-state index contributed by atoms with van der Waals surface area (Å²) in [6.45, 7) is 4.51. The number of carbonyl (C=O) groups excluding carboxylic acids is 1.